The number of carbonyl (C=O) groups is 1. The summed E-state index contributed by atoms with van der Waals surface area (Å²) < 4.78 is 11.3. The Morgan fingerprint density at radius 2 is 1.90 bits per heavy atom. The first-order valence-electron chi connectivity index (χ1n) is 9.94. The van der Waals surface area contributed by atoms with Crippen molar-refractivity contribution in [3.8, 4) is 0 Å². The second kappa shape index (κ2) is 8.17. The Labute approximate surface area is 172 Å². The van der Waals surface area contributed by atoms with Gasteiger partial charge < -0.3 is 14.5 Å². The van der Waals surface area contributed by atoms with Crippen LogP contribution in [-0.4, -0.2) is 58.7 Å². The molecule has 3 aromatic heterocycles. The van der Waals surface area contributed by atoms with Crippen molar-refractivity contribution >= 4 is 28.1 Å². The summed E-state index contributed by atoms with van der Waals surface area (Å²) in [6.07, 6.45) is 2.20. The maximum absolute atomic E-state index is 12.9. The van der Waals surface area contributed by atoms with Crippen molar-refractivity contribution in [2.45, 2.75) is 6.42 Å². The Kier molecular flexibility index (Phi) is 5.08. The summed E-state index contributed by atoms with van der Waals surface area (Å²) in [5.41, 5.74) is 3.40. The van der Waals surface area contributed by atoms with E-state index in [1.807, 2.05) is 42.5 Å². The molecule has 1 saturated heterocycles. The standard InChI is InChI=1S/C22H21N5O3/c28-21(24-14-27-9-11-29-12-10-27)20-25-17(13-15-5-2-1-3-6-15)19-18(26-20)16-7-4-8-23-22(16)30-19/h1-8H,9-14H2,(H,24,28). The second-order valence-electron chi connectivity index (χ2n) is 7.19. The number of furan rings is 1. The Hall–Kier alpha value is -3.36. The normalized spacial score (nSPS) is 14.9. The molecule has 4 heterocycles. The van der Waals surface area contributed by atoms with Crippen LogP contribution in [-0.2, 0) is 11.2 Å². The zero-order valence-electron chi connectivity index (χ0n) is 16.4. The predicted molar refractivity (Wildman–Crippen MR) is 111 cm³/mol. The number of rotatable bonds is 5. The van der Waals surface area contributed by atoms with Crippen molar-refractivity contribution in [3.63, 3.8) is 0 Å². The molecule has 4 aromatic rings. The van der Waals surface area contributed by atoms with Crippen LogP contribution in [0.5, 0.6) is 0 Å². The van der Waals surface area contributed by atoms with Gasteiger partial charge in [-0.05, 0) is 17.7 Å². The second-order valence-corrected chi connectivity index (χ2v) is 7.19. The molecule has 8 nitrogen and oxygen atoms in total. The van der Waals surface area contributed by atoms with Gasteiger partial charge in [0.2, 0.25) is 11.5 Å². The Morgan fingerprint density at radius 3 is 2.73 bits per heavy atom. The molecule has 0 aliphatic carbocycles. The summed E-state index contributed by atoms with van der Waals surface area (Å²) in [6, 6.07) is 13.7. The molecule has 1 fully saturated rings. The van der Waals surface area contributed by atoms with Gasteiger partial charge >= 0.3 is 0 Å². The fourth-order valence-electron chi connectivity index (χ4n) is 3.57. The number of pyridine rings is 1. The summed E-state index contributed by atoms with van der Waals surface area (Å²) in [5, 5.41) is 3.69. The number of aromatic nitrogens is 3. The van der Waals surface area contributed by atoms with Crippen LogP contribution in [0.1, 0.15) is 21.9 Å². The molecule has 0 bridgehead atoms. The number of hydrogen-bond acceptors (Lipinski definition) is 7. The van der Waals surface area contributed by atoms with E-state index in [-0.39, 0.29) is 11.7 Å². The van der Waals surface area contributed by atoms with Gasteiger partial charge in [0.15, 0.2) is 5.58 Å². The van der Waals surface area contributed by atoms with Crippen LogP contribution in [0.4, 0.5) is 0 Å². The van der Waals surface area contributed by atoms with Crippen molar-refractivity contribution in [3.05, 3.63) is 65.7 Å². The van der Waals surface area contributed by atoms with Crippen LogP contribution in [0.25, 0.3) is 22.2 Å². The average molecular weight is 403 g/mol. The van der Waals surface area contributed by atoms with E-state index in [9.17, 15) is 4.79 Å². The summed E-state index contributed by atoms with van der Waals surface area (Å²) in [5.74, 6) is -0.177. The molecular weight excluding hydrogens is 382 g/mol. The Bertz CT molecular complexity index is 1190. The molecule has 1 N–H and O–H groups in total. The van der Waals surface area contributed by atoms with Crippen LogP contribution in [0, 0.1) is 0 Å². The van der Waals surface area contributed by atoms with Crippen molar-refractivity contribution in [2.75, 3.05) is 33.0 Å². The van der Waals surface area contributed by atoms with E-state index in [1.165, 1.54) is 0 Å². The highest BCUT2D eigenvalue weighted by Gasteiger charge is 2.20. The van der Waals surface area contributed by atoms with Crippen molar-refractivity contribution in [1.29, 1.82) is 0 Å². The lowest BCUT2D eigenvalue weighted by Gasteiger charge is -2.26. The summed E-state index contributed by atoms with van der Waals surface area (Å²) in [4.78, 5) is 28.4. The van der Waals surface area contributed by atoms with Gasteiger partial charge in [0.25, 0.3) is 5.91 Å². The first-order valence-corrected chi connectivity index (χ1v) is 9.94. The number of hydrogen-bond donors (Lipinski definition) is 1. The third-order valence-electron chi connectivity index (χ3n) is 5.15. The fourth-order valence-corrected chi connectivity index (χ4v) is 3.57. The van der Waals surface area contributed by atoms with E-state index in [2.05, 4.69) is 25.2 Å². The highest BCUT2D eigenvalue weighted by atomic mass is 16.5. The van der Waals surface area contributed by atoms with Crippen molar-refractivity contribution < 1.29 is 13.9 Å². The summed E-state index contributed by atoms with van der Waals surface area (Å²) in [7, 11) is 0. The molecular formula is C22H21N5O3. The first-order chi connectivity index (χ1) is 14.8. The molecule has 1 amide bonds. The monoisotopic (exact) mass is 403 g/mol. The third kappa shape index (κ3) is 3.74. The number of morpholine rings is 1. The van der Waals surface area contributed by atoms with Crippen molar-refractivity contribution in [2.24, 2.45) is 0 Å². The van der Waals surface area contributed by atoms with Gasteiger partial charge in [-0.2, -0.15) is 0 Å². The molecule has 0 spiro atoms. The average Bonchev–Trinajstić information content (AvgIpc) is 3.18. The van der Waals surface area contributed by atoms with Gasteiger partial charge in [0.05, 0.1) is 31.0 Å². The van der Waals surface area contributed by atoms with Gasteiger partial charge in [-0.25, -0.2) is 15.0 Å². The predicted octanol–water partition coefficient (Wildman–Crippen LogP) is 2.38. The minimum absolute atomic E-state index is 0.133. The molecule has 1 aliphatic heterocycles. The van der Waals surface area contributed by atoms with Gasteiger partial charge in [0.1, 0.15) is 5.52 Å². The van der Waals surface area contributed by atoms with E-state index in [4.69, 9.17) is 9.15 Å². The SMILES string of the molecule is O=C(NCN1CCOCC1)c1nc(Cc2ccccc2)c2oc3ncccc3c2n1. The highest BCUT2D eigenvalue weighted by Crippen LogP contribution is 2.28. The van der Waals surface area contributed by atoms with E-state index in [1.54, 1.807) is 6.20 Å². The van der Waals surface area contributed by atoms with Crippen LogP contribution < -0.4 is 5.32 Å². The van der Waals surface area contributed by atoms with Crippen molar-refractivity contribution in [1.82, 2.24) is 25.2 Å². The molecule has 0 saturated carbocycles. The van der Waals surface area contributed by atoms with Gasteiger partial charge in [-0.1, -0.05) is 30.3 Å². The molecule has 8 heteroatoms. The number of fused-ring (bicyclic) bond motifs is 3. The molecule has 1 aliphatic rings. The van der Waals surface area contributed by atoms with E-state index in [0.29, 0.717) is 48.8 Å². The maximum atomic E-state index is 12.9. The van der Waals surface area contributed by atoms with Gasteiger partial charge in [-0.3, -0.25) is 9.69 Å². The molecule has 0 unspecified atom stereocenters. The highest BCUT2D eigenvalue weighted by molar-refractivity contribution is 6.03. The Balaban J connectivity index is 1.51. The van der Waals surface area contributed by atoms with Crippen LogP contribution in [0.2, 0.25) is 0 Å². The topological polar surface area (TPSA) is 93.4 Å². The lowest BCUT2D eigenvalue weighted by Crippen LogP contribution is -2.44. The zero-order chi connectivity index (χ0) is 20.3. The smallest absolute Gasteiger partial charge is 0.290 e. The number of nitrogens with one attached hydrogen (secondary N) is 1. The third-order valence-corrected chi connectivity index (χ3v) is 5.15. The molecule has 0 radical (unpaired) electrons. The van der Waals surface area contributed by atoms with Gasteiger partial charge in [0, 0.05) is 25.7 Å². The lowest BCUT2D eigenvalue weighted by atomic mass is 10.1. The quantitative estimate of drug-likeness (QED) is 0.547. The largest absolute Gasteiger partial charge is 0.434 e. The first kappa shape index (κ1) is 18.7. The number of carbonyl (C=O) groups excluding carboxylic acids is 1. The van der Waals surface area contributed by atoms with E-state index < -0.39 is 0 Å². The van der Waals surface area contributed by atoms with Gasteiger partial charge in [-0.15, -0.1) is 0 Å². The number of amides is 1. The molecule has 152 valence electrons. The lowest BCUT2D eigenvalue weighted by molar-refractivity contribution is 0.0333. The summed E-state index contributed by atoms with van der Waals surface area (Å²) >= 11 is 0. The fraction of sp³-hybridized carbons (Fsp3) is 0.273. The van der Waals surface area contributed by atoms with E-state index in [0.717, 1.165) is 24.0 Å². The van der Waals surface area contributed by atoms with Crippen LogP contribution >= 0.6 is 0 Å². The minimum atomic E-state index is -0.309. The number of ether oxygens (including phenoxy) is 1. The molecule has 5 rings (SSSR count). The number of nitrogens with zero attached hydrogens (tertiary/aromatic N) is 4. The molecule has 0 atom stereocenters. The zero-order valence-corrected chi connectivity index (χ0v) is 16.4. The minimum Gasteiger partial charge on any atom is -0.434 e. The number of benzene rings is 1. The maximum Gasteiger partial charge on any atom is 0.290 e. The van der Waals surface area contributed by atoms with E-state index >= 15 is 0 Å². The van der Waals surface area contributed by atoms with Crippen LogP contribution in [0.15, 0.2) is 53.1 Å². The molecule has 30 heavy (non-hydrogen) atoms. The summed E-state index contributed by atoms with van der Waals surface area (Å²) in [6.45, 7) is 3.36. The molecule has 1 aromatic carbocycles. The Morgan fingerprint density at radius 1 is 1.07 bits per heavy atom. The van der Waals surface area contributed by atoms with Crippen LogP contribution in [0.3, 0.4) is 0 Å².